The van der Waals surface area contributed by atoms with E-state index in [0.29, 0.717) is 38.0 Å². The number of pyridine rings is 1. The second-order valence-electron chi connectivity index (χ2n) is 7.58. The normalized spacial score (nSPS) is 15.3. The topological polar surface area (TPSA) is 80.1 Å². The van der Waals surface area contributed by atoms with Crippen LogP contribution in [-0.2, 0) is 18.0 Å². The van der Waals surface area contributed by atoms with Crippen molar-refractivity contribution in [3.8, 4) is 0 Å². The highest BCUT2D eigenvalue weighted by Crippen LogP contribution is 2.29. The zero-order valence-corrected chi connectivity index (χ0v) is 17.1. The molecule has 0 saturated carbocycles. The van der Waals surface area contributed by atoms with Crippen LogP contribution in [0, 0.1) is 19.8 Å². The highest BCUT2D eigenvalue weighted by molar-refractivity contribution is 5.95. The Balaban J connectivity index is 1.54. The Kier molecular flexibility index (Phi) is 6.14. The molecule has 3 heterocycles. The first kappa shape index (κ1) is 21.8. The first-order valence-corrected chi connectivity index (χ1v) is 9.69. The van der Waals surface area contributed by atoms with Gasteiger partial charge in [-0.3, -0.25) is 14.3 Å². The van der Waals surface area contributed by atoms with Crippen LogP contribution in [0.3, 0.4) is 0 Å². The van der Waals surface area contributed by atoms with Gasteiger partial charge in [-0.1, -0.05) is 0 Å². The summed E-state index contributed by atoms with van der Waals surface area (Å²) in [6, 6.07) is 2.01. The molecule has 1 saturated heterocycles. The molecule has 10 heteroatoms. The number of nitrogens with one attached hydrogen (secondary N) is 1. The van der Waals surface area contributed by atoms with Crippen LogP contribution >= 0.6 is 0 Å². The molecule has 0 aromatic carbocycles. The van der Waals surface area contributed by atoms with Gasteiger partial charge in [-0.2, -0.15) is 18.3 Å². The Hall–Kier alpha value is -2.91. The number of amides is 2. The summed E-state index contributed by atoms with van der Waals surface area (Å²) in [5.41, 5.74) is 0.768. The summed E-state index contributed by atoms with van der Waals surface area (Å²) < 4.78 is 40.0. The predicted octanol–water partition coefficient (Wildman–Crippen LogP) is 3.33. The van der Waals surface area contributed by atoms with E-state index in [9.17, 15) is 22.8 Å². The molecule has 7 nitrogen and oxygen atoms in total. The first-order valence-electron chi connectivity index (χ1n) is 9.69. The number of likely N-dealkylation sites (tertiary alicyclic amines) is 1. The summed E-state index contributed by atoms with van der Waals surface area (Å²) in [6.07, 6.45) is -1.29. The Labute approximate surface area is 172 Å². The van der Waals surface area contributed by atoms with Gasteiger partial charge >= 0.3 is 6.18 Å². The van der Waals surface area contributed by atoms with Crippen molar-refractivity contribution in [3.05, 3.63) is 41.0 Å². The van der Waals surface area contributed by atoms with E-state index in [1.165, 1.54) is 13.0 Å². The molecule has 1 aliphatic rings. The SMILES string of the molecule is Cc1nc(C(F)(F)F)ccc1C(=O)N1CCC(CC(=O)Nc2cnn(C)c2C)CC1. The number of anilines is 1. The average molecular weight is 423 g/mol. The monoisotopic (exact) mass is 423 g/mol. The molecule has 0 spiro atoms. The lowest BCUT2D eigenvalue weighted by Gasteiger charge is -2.32. The van der Waals surface area contributed by atoms with Gasteiger partial charge in [-0.25, -0.2) is 4.98 Å². The van der Waals surface area contributed by atoms with Crippen LogP contribution in [0.1, 0.15) is 46.7 Å². The first-order chi connectivity index (χ1) is 14.1. The number of rotatable bonds is 4. The van der Waals surface area contributed by atoms with E-state index in [4.69, 9.17) is 0 Å². The third-order valence-corrected chi connectivity index (χ3v) is 5.49. The molecule has 2 aromatic heterocycles. The quantitative estimate of drug-likeness (QED) is 0.818. The van der Waals surface area contributed by atoms with Crippen LogP contribution in [0.15, 0.2) is 18.3 Å². The van der Waals surface area contributed by atoms with E-state index in [1.54, 1.807) is 22.8 Å². The van der Waals surface area contributed by atoms with Crippen molar-refractivity contribution in [2.45, 2.75) is 39.3 Å². The average Bonchev–Trinajstić information content (AvgIpc) is 2.99. The third-order valence-electron chi connectivity index (χ3n) is 5.49. The van der Waals surface area contributed by atoms with Gasteiger partial charge in [0.2, 0.25) is 5.91 Å². The van der Waals surface area contributed by atoms with Gasteiger partial charge in [0.1, 0.15) is 5.69 Å². The maximum Gasteiger partial charge on any atom is 0.433 e. The van der Waals surface area contributed by atoms with Crippen molar-refractivity contribution in [1.82, 2.24) is 19.7 Å². The van der Waals surface area contributed by atoms with E-state index in [0.717, 1.165) is 11.8 Å². The largest absolute Gasteiger partial charge is 0.433 e. The Morgan fingerprint density at radius 2 is 1.87 bits per heavy atom. The van der Waals surface area contributed by atoms with E-state index in [-0.39, 0.29) is 29.0 Å². The Morgan fingerprint density at radius 1 is 1.20 bits per heavy atom. The van der Waals surface area contributed by atoms with Crippen molar-refractivity contribution in [2.24, 2.45) is 13.0 Å². The summed E-state index contributed by atoms with van der Waals surface area (Å²) >= 11 is 0. The lowest BCUT2D eigenvalue weighted by Crippen LogP contribution is -2.39. The number of aromatic nitrogens is 3. The number of carbonyl (C=O) groups is 2. The standard InChI is InChI=1S/C20H24F3N5O2/c1-12-15(4-5-17(25-12)20(21,22)23)19(30)28-8-6-14(7-9-28)10-18(29)26-16-11-24-27(3)13(16)2/h4-5,11,14H,6-10H2,1-3H3,(H,26,29). The molecule has 0 radical (unpaired) electrons. The fraction of sp³-hybridized carbons (Fsp3) is 0.500. The van der Waals surface area contributed by atoms with Crippen molar-refractivity contribution in [3.63, 3.8) is 0 Å². The number of alkyl halides is 3. The molecule has 1 fully saturated rings. The minimum Gasteiger partial charge on any atom is -0.339 e. The lowest BCUT2D eigenvalue weighted by molar-refractivity contribution is -0.141. The molecule has 0 atom stereocenters. The number of halogens is 3. The van der Waals surface area contributed by atoms with Gasteiger partial charge in [0.05, 0.1) is 28.8 Å². The maximum atomic E-state index is 12.8. The molecule has 3 rings (SSSR count). The minimum absolute atomic E-state index is 0.0585. The third kappa shape index (κ3) is 4.80. The van der Waals surface area contributed by atoms with Gasteiger partial charge in [0.15, 0.2) is 0 Å². The molecule has 1 aliphatic heterocycles. The van der Waals surface area contributed by atoms with Crippen molar-refractivity contribution in [1.29, 1.82) is 0 Å². The molecule has 0 bridgehead atoms. The van der Waals surface area contributed by atoms with E-state index in [1.807, 2.05) is 6.92 Å². The molecule has 0 unspecified atom stereocenters. The summed E-state index contributed by atoms with van der Waals surface area (Å²) in [5.74, 6) is -0.292. The molecular formula is C20H24F3N5O2. The minimum atomic E-state index is -4.54. The maximum absolute atomic E-state index is 12.8. The van der Waals surface area contributed by atoms with E-state index >= 15 is 0 Å². The number of hydrogen-bond acceptors (Lipinski definition) is 4. The second kappa shape index (κ2) is 8.45. The number of nitrogens with zero attached hydrogens (tertiary/aromatic N) is 4. The van der Waals surface area contributed by atoms with E-state index < -0.39 is 11.9 Å². The fourth-order valence-electron chi connectivity index (χ4n) is 3.54. The van der Waals surface area contributed by atoms with Crippen LogP contribution in [0.4, 0.5) is 18.9 Å². The molecular weight excluding hydrogens is 399 g/mol. The van der Waals surface area contributed by atoms with Crippen LogP contribution in [-0.4, -0.2) is 44.6 Å². The number of aryl methyl sites for hydroxylation is 2. The smallest absolute Gasteiger partial charge is 0.339 e. The van der Waals surface area contributed by atoms with Gasteiger partial charge < -0.3 is 10.2 Å². The summed E-state index contributed by atoms with van der Waals surface area (Å²) in [4.78, 5) is 30.2. The fourth-order valence-corrected chi connectivity index (χ4v) is 3.54. The molecule has 2 aromatic rings. The number of hydrogen-bond donors (Lipinski definition) is 1. The van der Waals surface area contributed by atoms with Crippen LogP contribution in [0.5, 0.6) is 0 Å². The number of carbonyl (C=O) groups excluding carboxylic acids is 2. The molecule has 1 N–H and O–H groups in total. The van der Waals surface area contributed by atoms with E-state index in [2.05, 4.69) is 15.4 Å². The zero-order valence-electron chi connectivity index (χ0n) is 17.1. The molecule has 30 heavy (non-hydrogen) atoms. The summed E-state index contributed by atoms with van der Waals surface area (Å²) in [5, 5.41) is 6.95. The van der Waals surface area contributed by atoms with Crippen molar-refractivity contribution < 1.29 is 22.8 Å². The lowest BCUT2D eigenvalue weighted by atomic mass is 9.92. The second-order valence-corrected chi connectivity index (χ2v) is 7.58. The highest BCUT2D eigenvalue weighted by atomic mass is 19.4. The van der Waals surface area contributed by atoms with Gasteiger partial charge in [0.25, 0.3) is 5.91 Å². The van der Waals surface area contributed by atoms with Crippen molar-refractivity contribution >= 4 is 17.5 Å². The van der Waals surface area contributed by atoms with Crippen molar-refractivity contribution in [2.75, 3.05) is 18.4 Å². The summed E-state index contributed by atoms with van der Waals surface area (Å²) in [6.45, 7) is 4.16. The van der Waals surface area contributed by atoms with Gasteiger partial charge in [-0.15, -0.1) is 0 Å². The molecule has 0 aliphatic carbocycles. The van der Waals surface area contributed by atoms with Gasteiger partial charge in [-0.05, 0) is 44.7 Å². The zero-order chi connectivity index (χ0) is 22.1. The molecule has 2 amide bonds. The predicted molar refractivity (Wildman–Crippen MR) is 104 cm³/mol. The highest BCUT2D eigenvalue weighted by Gasteiger charge is 2.33. The summed E-state index contributed by atoms with van der Waals surface area (Å²) in [7, 11) is 1.80. The van der Waals surface area contributed by atoms with Crippen LogP contribution < -0.4 is 5.32 Å². The Morgan fingerprint density at radius 3 is 2.40 bits per heavy atom. The van der Waals surface area contributed by atoms with Crippen LogP contribution in [0.2, 0.25) is 0 Å². The molecule has 162 valence electrons. The number of piperidine rings is 1. The van der Waals surface area contributed by atoms with Crippen LogP contribution in [0.25, 0.3) is 0 Å². The Bertz CT molecular complexity index is 946. The van der Waals surface area contributed by atoms with Gasteiger partial charge in [0, 0.05) is 26.6 Å².